The third-order valence-corrected chi connectivity index (χ3v) is 4.86. The SMILES string of the molecule is Cc1ccc([C@@H]2CC(=O)c3c(C)nn(-c4ccccc4)c3C2)cc1. The molecule has 1 heterocycles. The third kappa shape index (κ3) is 2.46. The minimum Gasteiger partial charge on any atom is -0.294 e. The molecule has 0 saturated heterocycles. The van der Waals surface area contributed by atoms with Gasteiger partial charge in [0.05, 0.1) is 22.6 Å². The number of Topliss-reactive ketones (excluding diaryl/α,β-unsaturated/α-hetero) is 1. The molecule has 0 amide bonds. The Balaban J connectivity index is 1.79. The van der Waals surface area contributed by atoms with E-state index in [1.54, 1.807) is 0 Å². The summed E-state index contributed by atoms with van der Waals surface area (Å²) in [4.78, 5) is 12.7. The maximum atomic E-state index is 12.7. The van der Waals surface area contributed by atoms with Crippen molar-refractivity contribution >= 4 is 5.78 Å². The molecular weight excluding hydrogens is 296 g/mol. The lowest BCUT2D eigenvalue weighted by molar-refractivity contribution is 0.0963. The molecule has 3 nitrogen and oxygen atoms in total. The third-order valence-electron chi connectivity index (χ3n) is 4.86. The van der Waals surface area contributed by atoms with E-state index in [4.69, 9.17) is 0 Å². The molecule has 24 heavy (non-hydrogen) atoms. The first kappa shape index (κ1) is 14.9. The molecule has 1 aliphatic carbocycles. The van der Waals surface area contributed by atoms with Crippen molar-refractivity contribution in [2.45, 2.75) is 32.6 Å². The van der Waals surface area contributed by atoms with E-state index < -0.39 is 0 Å². The molecule has 0 radical (unpaired) electrons. The van der Waals surface area contributed by atoms with Gasteiger partial charge in [-0.3, -0.25) is 4.79 Å². The zero-order valence-electron chi connectivity index (χ0n) is 14.0. The fraction of sp³-hybridized carbons (Fsp3) is 0.238. The largest absolute Gasteiger partial charge is 0.294 e. The molecule has 1 aliphatic rings. The summed E-state index contributed by atoms with van der Waals surface area (Å²) in [6.07, 6.45) is 1.41. The maximum Gasteiger partial charge on any atom is 0.167 e. The second-order valence-corrected chi connectivity index (χ2v) is 6.59. The number of fused-ring (bicyclic) bond motifs is 1. The smallest absolute Gasteiger partial charge is 0.167 e. The number of aryl methyl sites for hydroxylation is 2. The molecule has 0 saturated carbocycles. The van der Waals surface area contributed by atoms with Gasteiger partial charge in [-0.05, 0) is 43.9 Å². The van der Waals surface area contributed by atoms with E-state index in [1.807, 2.05) is 41.9 Å². The first-order valence-corrected chi connectivity index (χ1v) is 8.37. The molecular formula is C21H20N2O. The number of carbonyl (C=O) groups excluding carboxylic acids is 1. The Morgan fingerprint density at radius 3 is 2.38 bits per heavy atom. The lowest BCUT2D eigenvalue weighted by atomic mass is 9.81. The molecule has 3 aromatic rings. The average molecular weight is 316 g/mol. The highest BCUT2D eigenvalue weighted by Crippen LogP contribution is 2.35. The number of benzene rings is 2. The number of nitrogens with zero attached hydrogens (tertiary/aromatic N) is 2. The van der Waals surface area contributed by atoms with E-state index in [9.17, 15) is 4.79 Å². The van der Waals surface area contributed by atoms with Crippen LogP contribution in [0.15, 0.2) is 54.6 Å². The van der Waals surface area contributed by atoms with Crippen molar-refractivity contribution in [3.63, 3.8) is 0 Å². The molecule has 0 fully saturated rings. The summed E-state index contributed by atoms with van der Waals surface area (Å²) < 4.78 is 1.95. The molecule has 2 aromatic carbocycles. The standard InChI is InChI=1S/C21H20N2O/c1-14-8-10-16(11-9-14)17-12-19-21(20(24)13-17)15(2)22-23(19)18-6-4-3-5-7-18/h3-11,17H,12-13H2,1-2H3/t17-/m0/s1. The second-order valence-electron chi connectivity index (χ2n) is 6.59. The minimum atomic E-state index is 0.210. The van der Waals surface area contributed by atoms with Gasteiger partial charge in [0.1, 0.15) is 0 Å². The van der Waals surface area contributed by atoms with Gasteiger partial charge in [-0.1, -0.05) is 48.0 Å². The summed E-state index contributed by atoms with van der Waals surface area (Å²) in [5, 5.41) is 4.65. The first-order chi connectivity index (χ1) is 11.6. The molecule has 4 rings (SSSR count). The van der Waals surface area contributed by atoms with Crippen molar-refractivity contribution in [3.05, 3.63) is 82.7 Å². The molecule has 0 spiro atoms. The van der Waals surface area contributed by atoms with Crippen molar-refractivity contribution < 1.29 is 4.79 Å². The number of ketones is 1. The zero-order valence-corrected chi connectivity index (χ0v) is 14.0. The number of para-hydroxylation sites is 1. The molecule has 0 aliphatic heterocycles. The summed E-state index contributed by atoms with van der Waals surface area (Å²) in [5.41, 5.74) is 6.19. The van der Waals surface area contributed by atoms with Gasteiger partial charge >= 0.3 is 0 Å². The van der Waals surface area contributed by atoms with Crippen LogP contribution in [0.5, 0.6) is 0 Å². The van der Waals surface area contributed by atoms with E-state index in [2.05, 4.69) is 36.3 Å². The topological polar surface area (TPSA) is 34.9 Å². The average Bonchev–Trinajstić information content (AvgIpc) is 2.93. The summed E-state index contributed by atoms with van der Waals surface area (Å²) in [6, 6.07) is 18.6. The highest BCUT2D eigenvalue weighted by atomic mass is 16.1. The van der Waals surface area contributed by atoms with Crippen LogP contribution in [0.3, 0.4) is 0 Å². The number of hydrogen-bond acceptors (Lipinski definition) is 2. The Hall–Kier alpha value is -2.68. The van der Waals surface area contributed by atoms with Crippen LogP contribution in [0, 0.1) is 13.8 Å². The van der Waals surface area contributed by atoms with Crippen LogP contribution in [0.25, 0.3) is 5.69 Å². The van der Waals surface area contributed by atoms with Crippen LogP contribution in [0.4, 0.5) is 0 Å². The Morgan fingerprint density at radius 2 is 1.67 bits per heavy atom. The Labute approximate surface area is 141 Å². The molecule has 120 valence electrons. The van der Waals surface area contributed by atoms with Crippen molar-refractivity contribution in [2.75, 3.05) is 0 Å². The predicted molar refractivity (Wildman–Crippen MR) is 94.9 cm³/mol. The van der Waals surface area contributed by atoms with Gasteiger partial charge < -0.3 is 0 Å². The molecule has 3 heteroatoms. The van der Waals surface area contributed by atoms with Crippen molar-refractivity contribution in [2.24, 2.45) is 0 Å². The van der Waals surface area contributed by atoms with Crippen molar-refractivity contribution in [1.29, 1.82) is 0 Å². The van der Waals surface area contributed by atoms with Crippen LogP contribution in [0.1, 0.15) is 45.2 Å². The number of hydrogen-bond donors (Lipinski definition) is 0. The van der Waals surface area contributed by atoms with Gasteiger partial charge in [0, 0.05) is 6.42 Å². The Kier molecular flexibility index (Phi) is 3.57. The Morgan fingerprint density at radius 1 is 0.958 bits per heavy atom. The monoisotopic (exact) mass is 316 g/mol. The van der Waals surface area contributed by atoms with Crippen molar-refractivity contribution in [3.8, 4) is 5.69 Å². The lowest BCUT2D eigenvalue weighted by Crippen LogP contribution is -2.20. The Bertz CT molecular complexity index is 892. The van der Waals surface area contributed by atoms with E-state index in [1.165, 1.54) is 11.1 Å². The number of aromatic nitrogens is 2. The van der Waals surface area contributed by atoms with Crippen LogP contribution in [-0.4, -0.2) is 15.6 Å². The number of carbonyl (C=O) groups is 1. The van der Waals surface area contributed by atoms with Gasteiger partial charge in [0.25, 0.3) is 0 Å². The molecule has 0 unspecified atom stereocenters. The van der Waals surface area contributed by atoms with E-state index in [-0.39, 0.29) is 11.7 Å². The van der Waals surface area contributed by atoms with Gasteiger partial charge in [-0.2, -0.15) is 5.10 Å². The highest BCUT2D eigenvalue weighted by Gasteiger charge is 2.31. The number of rotatable bonds is 2. The normalized spacial score (nSPS) is 16.9. The highest BCUT2D eigenvalue weighted by molar-refractivity contribution is 6.00. The van der Waals surface area contributed by atoms with Crippen LogP contribution in [-0.2, 0) is 6.42 Å². The van der Waals surface area contributed by atoms with Crippen LogP contribution < -0.4 is 0 Å². The molecule has 1 aromatic heterocycles. The molecule has 0 N–H and O–H groups in total. The van der Waals surface area contributed by atoms with E-state index in [0.29, 0.717) is 6.42 Å². The summed E-state index contributed by atoms with van der Waals surface area (Å²) >= 11 is 0. The summed E-state index contributed by atoms with van der Waals surface area (Å²) in [6.45, 7) is 4.02. The lowest BCUT2D eigenvalue weighted by Gasteiger charge is -2.23. The maximum absolute atomic E-state index is 12.7. The fourth-order valence-electron chi connectivity index (χ4n) is 3.61. The van der Waals surface area contributed by atoms with E-state index >= 15 is 0 Å². The molecule has 0 bridgehead atoms. The van der Waals surface area contributed by atoms with Crippen LogP contribution >= 0.6 is 0 Å². The zero-order chi connectivity index (χ0) is 16.7. The van der Waals surface area contributed by atoms with Gasteiger partial charge in [0.2, 0.25) is 0 Å². The van der Waals surface area contributed by atoms with Crippen molar-refractivity contribution in [1.82, 2.24) is 9.78 Å². The quantitative estimate of drug-likeness (QED) is 0.702. The summed E-state index contributed by atoms with van der Waals surface area (Å²) in [5.74, 6) is 0.436. The van der Waals surface area contributed by atoms with Gasteiger partial charge in [0.15, 0.2) is 5.78 Å². The van der Waals surface area contributed by atoms with Gasteiger partial charge in [-0.25, -0.2) is 4.68 Å². The fourth-order valence-corrected chi connectivity index (χ4v) is 3.61. The van der Waals surface area contributed by atoms with Gasteiger partial charge in [-0.15, -0.1) is 0 Å². The second kappa shape index (κ2) is 5.75. The van der Waals surface area contributed by atoms with Crippen LogP contribution in [0.2, 0.25) is 0 Å². The first-order valence-electron chi connectivity index (χ1n) is 8.37. The minimum absolute atomic E-state index is 0.210. The predicted octanol–water partition coefficient (Wildman–Crippen LogP) is 4.40. The summed E-state index contributed by atoms with van der Waals surface area (Å²) in [7, 11) is 0. The van der Waals surface area contributed by atoms with E-state index in [0.717, 1.165) is 29.1 Å². The molecule has 1 atom stereocenters.